The van der Waals surface area contributed by atoms with Crippen molar-refractivity contribution in [2.45, 2.75) is 89.6 Å². The third-order valence-electron chi connectivity index (χ3n) is 8.55. The van der Waals surface area contributed by atoms with Crippen LogP contribution in [0.4, 0.5) is 5.69 Å². The normalized spacial score (nSPS) is 25.6. The molecule has 2 heterocycles. The van der Waals surface area contributed by atoms with Gasteiger partial charge < -0.3 is 9.80 Å². The lowest BCUT2D eigenvalue weighted by Crippen LogP contribution is -2.50. The van der Waals surface area contributed by atoms with E-state index >= 15 is 0 Å². The lowest BCUT2D eigenvalue weighted by molar-refractivity contribution is -0.138. The summed E-state index contributed by atoms with van der Waals surface area (Å²) in [5.41, 5.74) is 4.19. The summed E-state index contributed by atoms with van der Waals surface area (Å²) in [4.78, 5) is 20.8. The minimum atomic E-state index is 0.0254. The van der Waals surface area contributed by atoms with E-state index in [2.05, 4.69) is 46.7 Å². The van der Waals surface area contributed by atoms with Crippen LogP contribution in [0, 0.1) is 5.92 Å². The predicted molar refractivity (Wildman–Crippen MR) is 128 cm³/mol. The fourth-order valence-electron chi connectivity index (χ4n) is 6.77. The van der Waals surface area contributed by atoms with Crippen molar-refractivity contribution in [1.29, 1.82) is 0 Å². The van der Waals surface area contributed by atoms with Gasteiger partial charge in [0.1, 0.15) is 0 Å². The average molecular weight is 424 g/mol. The van der Waals surface area contributed by atoms with Gasteiger partial charge in [0.15, 0.2) is 0 Å². The van der Waals surface area contributed by atoms with Crippen LogP contribution in [0.25, 0.3) is 0 Å². The Bertz CT molecular complexity index is 784. The largest absolute Gasteiger partial charge is 0.369 e. The summed E-state index contributed by atoms with van der Waals surface area (Å²) in [7, 11) is 0. The van der Waals surface area contributed by atoms with Gasteiger partial charge in [-0.2, -0.15) is 0 Å². The van der Waals surface area contributed by atoms with Gasteiger partial charge in [-0.1, -0.05) is 52.0 Å². The molecule has 4 aliphatic rings. The Labute approximate surface area is 189 Å². The highest BCUT2D eigenvalue weighted by Gasteiger charge is 2.37. The molecule has 0 spiro atoms. The summed E-state index contributed by atoms with van der Waals surface area (Å²) in [6.45, 7) is 10.9. The van der Waals surface area contributed by atoms with Crippen molar-refractivity contribution >= 4 is 11.6 Å². The first-order valence-corrected chi connectivity index (χ1v) is 12.9. The number of carbonyl (C=O) groups excluding carboxylic acids is 1. The minimum absolute atomic E-state index is 0.0254. The maximum Gasteiger partial charge on any atom is 0.226 e. The van der Waals surface area contributed by atoms with Crippen molar-refractivity contribution in [2.75, 3.05) is 37.6 Å². The lowest BCUT2D eigenvalue weighted by Gasteiger charge is -2.43. The van der Waals surface area contributed by atoms with Gasteiger partial charge >= 0.3 is 0 Å². The number of anilines is 1. The van der Waals surface area contributed by atoms with Crippen molar-refractivity contribution in [3.8, 4) is 0 Å². The summed E-state index contributed by atoms with van der Waals surface area (Å²) in [6.07, 6.45) is 11.6. The number of nitrogens with zero attached hydrogens (tertiary/aromatic N) is 3. The highest BCUT2D eigenvalue weighted by molar-refractivity contribution is 5.79. The molecule has 4 nitrogen and oxygen atoms in total. The zero-order valence-corrected chi connectivity index (χ0v) is 19.7. The van der Waals surface area contributed by atoms with Crippen molar-refractivity contribution < 1.29 is 4.79 Å². The van der Waals surface area contributed by atoms with E-state index in [9.17, 15) is 4.79 Å². The van der Waals surface area contributed by atoms with E-state index in [1.165, 1.54) is 74.8 Å². The summed E-state index contributed by atoms with van der Waals surface area (Å²) < 4.78 is 0. The number of benzene rings is 1. The molecule has 4 heteroatoms. The average Bonchev–Trinajstić information content (AvgIpc) is 3.33. The van der Waals surface area contributed by atoms with Crippen LogP contribution in [0.5, 0.6) is 0 Å². The van der Waals surface area contributed by atoms with E-state index in [0.717, 1.165) is 45.1 Å². The molecule has 3 fully saturated rings. The number of carbonyl (C=O) groups is 1. The molecule has 0 bridgehead atoms. The second-order valence-electron chi connectivity index (χ2n) is 11.2. The Hall–Kier alpha value is -1.55. The summed E-state index contributed by atoms with van der Waals surface area (Å²) in [5, 5.41) is 0. The first kappa shape index (κ1) is 21.3. The molecule has 1 amide bonds. The SMILES string of the molecule is CC1(C)CN(C(=O)C2CCCCC2)Cc2cc(N3CCN(C4CCCC4)CC3)ccc21. The zero-order chi connectivity index (χ0) is 21.4. The summed E-state index contributed by atoms with van der Waals surface area (Å²) in [6, 6.07) is 7.94. The zero-order valence-electron chi connectivity index (χ0n) is 19.7. The molecular formula is C27H41N3O. The fourth-order valence-corrected chi connectivity index (χ4v) is 6.77. The van der Waals surface area contributed by atoms with E-state index in [1.54, 1.807) is 0 Å². The van der Waals surface area contributed by atoms with Gasteiger partial charge in [0.25, 0.3) is 0 Å². The van der Waals surface area contributed by atoms with Gasteiger partial charge in [-0.05, 0) is 48.9 Å². The van der Waals surface area contributed by atoms with Crippen LogP contribution in [0.1, 0.15) is 82.8 Å². The molecular weight excluding hydrogens is 382 g/mol. The predicted octanol–water partition coefficient (Wildman–Crippen LogP) is 4.95. The molecule has 2 saturated carbocycles. The molecule has 31 heavy (non-hydrogen) atoms. The van der Waals surface area contributed by atoms with E-state index in [0.29, 0.717) is 5.91 Å². The molecule has 1 saturated heterocycles. The molecule has 2 aliphatic carbocycles. The molecule has 0 radical (unpaired) electrons. The third-order valence-corrected chi connectivity index (χ3v) is 8.55. The van der Waals surface area contributed by atoms with E-state index < -0.39 is 0 Å². The van der Waals surface area contributed by atoms with Crippen LogP contribution < -0.4 is 4.90 Å². The second-order valence-corrected chi connectivity index (χ2v) is 11.2. The number of rotatable bonds is 3. The number of hydrogen-bond acceptors (Lipinski definition) is 3. The first-order valence-electron chi connectivity index (χ1n) is 12.9. The van der Waals surface area contributed by atoms with Crippen LogP contribution in [0.15, 0.2) is 18.2 Å². The fraction of sp³-hybridized carbons (Fsp3) is 0.741. The van der Waals surface area contributed by atoms with Crippen LogP contribution in [-0.2, 0) is 16.8 Å². The minimum Gasteiger partial charge on any atom is -0.369 e. The van der Waals surface area contributed by atoms with Gasteiger partial charge in [-0.15, -0.1) is 0 Å². The number of fused-ring (bicyclic) bond motifs is 1. The van der Waals surface area contributed by atoms with Crippen LogP contribution >= 0.6 is 0 Å². The Morgan fingerprint density at radius 1 is 0.903 bits per heavy atom. The van der Waals surface area contributed by atoms with Gasteiger partial charge in [0.2, 0.25) is 5.91 Å². The molecule has 0 N–H and O–H groups in total. The number of amides is 1. The van der Waals surface area contributed by atoms with Gasteiger partial charge in [0.05, 0.1) is 0 Å². The van der Waals surface area contributed by atoms with Crippen molar-refractivity contribution in [2.24, 2.45) is 5.92 Å². The molecule has 2 aliphatic heterocycles. The van der Waals surface area contributed by atoms with Crippen LogP contribution in [0.3, 0.4) is 0 Å². The molecule has 0 aromatic heterocycles. The van der Waals surface area contributed by atoms with Crippen LogP contribution in [-0.4, -0.2) is 54.5 Å². The lowest BCUT2D eigenvalue weighted by atomic mass is 9.77. The topological polar surface area (TPSA) is 26.8 Å². The number of hydrogen-bond donors (Lipinski definition) is 0. The Kier molecular flexibility index (Phi) is 6.02. The highest BCUT2D eigenvalue weighted by atomic mass is 16.2. The van der Waals surface area contributed by atoms with Crippen molar-refractivity contribution in [3.63, 3.8) is 0 Å². The summed E-state index contributed by atoms with van der Waals surface area (Å²) in [5.74, 6) is 0.673. The van der Waals surface area contributed by atoms with E-state index in [4.69, 9.17) is 0 Å². The Balaban J connectivity index is 1.29. The Morgan fingerprint density at radius 2 is 1.58 bits per heavy atom. The molecule has 170 valence electrons. The molecule has 0 atom stereocenters. The molecule has 5 rings (SSSR count). The smallest absolute Gasteiger partial charge is 0.226 e. The van der Waals surface area contributed by atoms with E-state index in [-0.39, 0.29) is 11.3 Å². The van der Waals surface area contributed by atoms with E-state index in [1.807, 2.05) is 0 Å². The maximum absolute atomic E-state index is 13.3. The quantitative estimate of drug-likeness (QED) is 0.688. The Morgan fingerprint density at radius 3 is 2.29 bits per heavy atom. The monoisotopic (exact) mass is 423 g/mol. The number of piperazine rings is 1. The molecule has 1 aromatic carbocycles. The van der Waals surface area contributed by atoms with Gasteiger partial charge in [-0.3, -0.25) is 9.69 Å². The van der Waals surface area contributed by atoms with Gasteiger partial charge in [0, 0.05) is 62.3 Å². The summed E-state index contributed by atoms with van der Waals surface area (Å²) >= 11 is 0. The van der Waals surface area contributed by atoms with Crippen molar-refractivity contribution in [3.05, 3.63) is 29.3 Å². The van der Waals surface area contributed by atoms with Gasteiger partial charge in [-0.25, -0.2) is 0 Å². The maximum atomic E-state index is 13.3. The standard InChI is InChI=1S/C27H41N3O/c1-27(2)20-30(26(31)21-8-4-3-5-9-21)19-22-18-24(12-13-25(22)27)29-16-14-28(15-17-29)23-10-6-7-11-23/h12-13,18,21,23H,3-11,14-17,19-20H2,1-2H3. The molecule has 0 unspecified atom stereocenters. The molecule has 1 aromatic rings. The first-order chi connectivity index (χ1) is 15.0. The van der Waals surface area contributed by atoms with Crippen molar-refractivity contribution in [1.82, 2.24) is 9.80 Å². The van der Waals surface area contributed by atoms with Crippen LogP contribution in [0.2, 0.25) is 0 Å². The second kappa shape index (κ2) is 8.77. The highest BCUT2D eigenvalue weighted by Crippen LogP contribution is 2.37. The third kappa shape index (κ3) is 4.37.